The largest absolute Gasteiger partial charge is 0.371 e. The van der Waals surface area contributed by atoms with Crippen LogP contribution in [0.5, 0.6) is 0 Å². The third-order valence-electron chi connectivity index (χ3n) is 4.73. The number of rotatable bonds is 5. The van der Waals surface area contributed by atoms with Gasteiger partial charge >= 0.3 is 0 Å². The van der Waals surface area contributed by atoms with Crippen molar-refractivity contribution in [3.63, 3.8) is 0 Å². The van der Waals surface area contributed by atoms with E-state index in [0.29, 0.717) is 29.5 Å². The lowest BCUT2D eigenvalue weighted by Crippen LogP contribution is -2.24. The highest BCUT2D eigenvalue weighted by Crippen LogP contribution is 2.32. The van der Waals surface area contributed by atoms with E-state index in [4.69, 9.17) is 4.74 Å². The number of ether oxygens (including phenoxy) is 1. The van der Waals surface area contributed by atoms with E-state index < -0.39 is 11.6 Å². The predicted molar refractivity (Wildman–Crippen MR) is 102 cm³/mol. The molecule has 1 N–H and O–H groups in total. The average Bonchev–Trinajstić information content (AvgIpc) is 3.18. The summed E-state index contributed by atoms with van der Waals surface area (Å²) in [6.45, 7) is 2.55. The van der Waals surface area contributed by atoms with Crippen molar-refractivity contribution in [2.45, 2.75) is 31.9 Å². The summed E-state index contributed by atoms with van der Waals surface area (Å²) in [5.74, 6) is -0.532. The monoisotopic (exact) mass is 382 g/mol. The first kappa shape index (κ1) is 18.4. The highest BCUT2D eigenvalue weighted by molar-refractivity contribution is 5.53. The number of halogens is 2. The molecule has 0 amide bonds. The first-order chi connectivity index (χ1) is 13.6. The lowest BCUT2D eigenvalue weighted by Gasteiger charge is -2.21. The molecule has 5 nitrogen and oxygen atoms in total. The van der Waals surface area contributed by atoms with Crippen molar-refractivity contribution in [3.8, 4) is 11.5 Å². The second-order valence-electron chi connectivity index (χ2n) is 6.64. The molecule has 2 atom stereocenters. The summed E-state index contributed by atoms with van der Waals surface area (Å²) >= 11 is 0. The number of aromatic nitrogens is 3. The lowest BCUT2D eigenvalue weighted by molar-refractivity contribution is 0.107. The molecule has 0 spiro atoms. The number of benzene rings is 1. The van der Waals surface area contributed by atoms with Crippen molar-refractivity contribution in [1.82, 2.24) is 15.0 Å². The zero-order chi connectivity index (χ0) is 19.5. The smallest absolute Gasteiger partial charge is 0.180 e. The van der Waals surface area contributed by atoms with Crippen LogP contribution in [0, 0.1) is 11.6 Å². The van der Waals surface area contributed by atoms with Gasteiger partial charge in [-0.3, -0.25) is 4.98 Å². The summed E-state index contributed by atoms with van der Waals surface area (Å²) in [6, 6.07) is 11.3. The highest BCUT2D eigenvalue weighted by atomic mass is 19.2. The van der Waals surface area contributed by atoms with Crippen LogP contribution in [0.4, 0.5) is 14.6 Å². The minimum absolute atomic E-state index is 0.110. The number of nitrogens with one attached hydrogen (secondary N) is 1. The Balaban J connectivity index is 1.61. The third-order valence-corrected chi connectivity index (χ3v) is 4.73. The summed E-state index contributed by atoms with van der Waals surface area (Å²) in [4.78, 5) is 13.5. The van der Waals surface area contributed by atoms with Crippen molar-refractivity contribution < 1.29 is 13.5 Å². The van der Waals surface area contributed by atoms with Gasteiger partial charge in [0.25, 0.3) is 0 Å². The molecule has 2 aromatic heterocycles. The summed E-state index contributed by atoms with van der Waals surface area (Å²) in [5.41, 5.74) is 2.19. The Morgan fingerprint density at radius 3 is 2.75 bits per heavy atom. The molecule has 0 radical (unpaired) electrons. The zero-order valence-corrected chi connectivity index (χ0v) is 15.4. The Bertz CT molecular complexity index is 968. The van der Waals surface area contributed by atoms with Crippen molar-refractivity contribution >= 4 is 5.82 Å². The molecule has 1 fully saturated rings. The van der Waals surface area contributed by atoms with E-state index in [-0.39, 0.29) is 12.1 Å². The van der Waals surface area contributed by atoms with Crippen LogP contribution in [0.2, 0.25) is 0 Å². The molecule has 2 unspecified atom stereocenters. The van der Waals surface area contributed by atoms with E-state index in [2.05, 4.69) is 20.3 Å². The topological polar surface area (TPSA) is 59.9 Å². The summed E-state index contributed by atoms with van der Waals surface area (Å²) < 4.78 is 32.7. The molecule has 3 aromatic rings. The van der Waals surface area contributed by atoms with E-state index in [0.717, 1.165) is 24.6 Å². The number of hydrogen-bond donors (Lipinski definition) is 1. The first-order valence-corrected chi connectivity index (χ1v) is 9.26. The van der Waals surface area contributed by atoms with Crippen LogP contribution in [0.1, 0.15) is 30.7 Å². The van der Waals surface area contributed by atoms with Crippen LogP contribution in [-0.4, -0.2) is 27.6 Å². The molecule has 144 valence electrons. The molecule has 1 aromatic carbocycles. The van der Waals surface area contributed by atoms with E-state index in [1.165, 1.54) is 6.07 Å². The fraction of sp³-hybridized carbons (Fsp3) is 0.286. The zero-order valence-electron chi connectivity index (χ0n) is 15.4. The van der Waals surface area contributed by atoms with Gasteiger partial charge in [-0.25, -0.2) is 18.7 Å². The Morgan fingerprint density at radius 1 is 1.11 bits per heavy atom. The number of nitrogens with zero attached hydrogens (tertiary/aromatic N) is 3. The third kappa shape index (κ3) is 3.84. The number of anilines is 1. The predicted octanol–water partition coefficient (Wildman–Crippen LogP) is 4.32. The van der Waals surface area contributed by atoms with Gasteiger partial charge in [0.2, 0.25) is 0 Å². The van der Waals surface area contributed by atoms with E-state index in [1.54, 1.807) is 12.3 Å². The molecule has 0 bridgehead atoms. The molecule has 1 saturated heterocycles. The van der Waals surface area contributed by atoms with Crippen molar-refractivity contribution in [3.05, 3.63) is 71.6 Å². The quantitative estimate of drug-likeness (QED) is 0.712. The molecule has 0 aliphatic carbocycles. The molecule has 7 heteroatoms. The van der Waals surface area contributed by atoms with E-state index >= 15 is 0 Å². The lowest BCUT2D eigenvalue weighted by atomic mass is 10.0. The van der Waals surface area contributed by atoms with Gasteiger partial charge < -0.3 is 10.1 Å². The molecule has 4 rings (SSSR count). The summed E-state index contributed by atoms with van der Waals surface area (Å²) in [5, 5.41) is 3.39. The summed E-state index contributed by atoms with van der Waals surface area (Å²) in [7, 11) is 0. The Morgan fingerprint density at radius 2 is 2.00 bits per heavy atom. The SMILES string of the molecule is CCc1cc(NC2CCOC2c2ccc(F)c(F)c2)nc(-c2ccccn2)n1. The van der Waals surface area contributed by atoms with Crippen LogP contribution in [0.25, 0.3) is 11.5 Å². The average molecular weight is 382 g/mol. The molecular weight excluding hydrogens is 362 g/mol. The number of aryl methyl sites for hydroxylation is 1. The Hall–Kier alpha value is -2.93. The van der Waals surface area contributed by atoms with Crippen molar-refractivity contribution in [1.29, 1.82) is 0 Å². The molecule has 3 heterocycles. The number of pyridine rings is 1. The van der Waals surface area contributed by atoms with Gasteiger partial charge in [-0.05, 0) is 42.7 Å². The van der Waals surface area contributed by atoms with Crippen LogP contribution >= 0.6 is 0 Å². The Labute approximate surface area is 161 Å². The fourth-order valence-corrected chi connectivity index (χ4v) is 3.31. The second kappa shape index (κ2) is 7.98. The van der Waals surface area contributed by atoms with Crippen LogP contribution in [-0.2, 0) is 11.2 Å². The van der Waals surface area contributed by atoms with E-state index in [1.807, 2.05) is 31.2 Å². The van der Waals surface area contributed by atoms with Gasteiger partial charge in [0, 0.05) is 24.6 Å². The normalized spacial score (nSPS) is 19.0. The van der Waals surface area contributed by atoms with Crippen molar-refractivity contribution in [2.24, 2.45) is 0 Å². The van der Waals surface area contributed by atoms with Crippen LogP contribution in [0.15, 0.2) is 48.7 Å². The second-order valence-corrected chi connectivity index (χ2v) is 6.64. The molecular formula is C21H20F2N4O. The maximum absolute atomic E-state index is 13.6. The van der Waals surface area contributed by atoms with Gasteiger partial charge in [0.15, 0.2) is 17.5 Å². The van der Waals surface area contributed by atoms with Gasteiger partial charge in [0.05, 0.1) is 6.04 Å². The molecule has 0 saturated carbocycles. The standard InChI is InChI=1S/C21H20F2N4O/c1-2-14-12-19(27-21(25-14)18-5-3-4-9-24-18)26-17-8-10-28-20(17)13-6-7-15(22)16(23)11-13/h3-7,9,11-12,17,20H,2,8,10H2,1H3,(H,25,26,27). The van der Waals surface area contributed by atoms with E-state index in [9.17, 15) is 8.78 Å². The minimum atomic E-state index is -0.875. The van der Waals surface area contributed by atoms with Crippen LogP contribution in [0.3, 0.4) is 0 Å². The first-order valence-electron chi connectivity index (χ1n) is 9.26. The van der Waals surface area contributed by atoms with Gasteiger partial charge in [0.1, 0.15) is 17.6 Å². The van der Waals surface area contributed by atoms with Crippen molar-refractivity contribution in [2.75, 3.05) is 11.9 Å². The minimum Gasteiger partial charge on any atom is -0.371 e. The van der Waals surface area contributed by atoms with Gasteiger partial charge in [-0.15, -0.1) is 0 Å². The molecule has 1 aliphatic heterocycles. The fourth-order valence-electron chi connectivity index (χ4n) is 3.31. The van der Waals surface area contributed by atoms with Gasteiger partial charge in [-0.1, -0.05) is 19.1 Å². The van der Waals surface area contributed by atoms with Gasteiger partial charge in [-0.2, -0.15) is 0 Å². The highest BCUT2D eigenvalue weighted by Gasteiger charge is 2.30. The van der Waals surface area contributed by atoms with Crippen LogP contribution < -0.4 is 5.32 Å². The number of hydrogen-bond acceptors (Lipinski definition) is 5. The maximum Gasteiger partial charge on any atom is 0.180 e. The molecule has 1 aliphatic rings. The maximum atomic E-state index is 13.6. The summed E-state index contributed by atoms with van der Waals surface area (Å²) in [6.07, 6.45) is 2.81. The molecule has 28 heavy (non-hydrogen) atoms. The Kier molecular flexibility index (Phi) is 5.25.